The number of hydrogen-bond donors (Lipinski definition) is 2. The first-order chi connectivity index (χ1) is 8.18. The van der Waals surface area contributed by atoms with Gasteiger partial charge in [0.05, 0.1) is 11.3 Å². The van der Waals surface area contributed by atoms with Crippen molar-refractivity contribution in [2.75, 3.05) is 6.54 Å². The van der Waals surface area contributed by atoms with Crippen molar-refractivity contribution < 1.29 is 5.11 Å². The first kappa shape index (κ1) is 12.5. The Morgan fingerprint density at radius 2 is 2.18 bits per heavy atom. The third-order valence-corrected chi connectivity index (χ3v) is 3.69. The second-order valence-corrected chi connectivity index (χ2v) is 5.33. The molecule has 0 radical (unpaired) electrons. The van der Waals surface area contributed by atoms with Crippen molar-refractivity contribution in [1.29, 1.82) is 0 Å². The van der Waals surface area contributed by atoms with Crippen LogP contribution in [-0.2, 0) is 6.54 Å². The monoisotopic (exact) mass is 234 g/mol. The lowest BCUT2D eigenvalue weighted by molar-refractivity contribution is -0.00635. The SMILES string of the molecule is CC1CCC(O)(CNCc2ccccn2)CC1. The van der Waals surface area contributed by atoms with Crippen molar-refractivity contribution in [2.45, 2.75) is 44.8 Å². The average molecular weight is 234 g/mol. The highest BCUT2D eigenvalue weighted by molar-refractivity contribution is 5.03. The Kier molecular flexibility index (Phi) is 4.13. The summed E-state index contributed by atoms with van der Waals surface area (Å²) in [7, 11) is 0. The number of aliphatic hydroxyl groups is 1. The number of pyridine rings is 1. The van der Waals surface area contributed by atoms with E-state index in [2.05, 4.69) is 17.2 Å². The summed E-state index contributed by atoms with van der Waals surface area (Å²) in [6, 6.07) is 5.90. The van der Waals surface area contributed by atoms with Crippen molar-refractivity contribution in [2.24, 2.45) is 5.92 Å². The summed E-state index contributed by atoms with van der Waals surface area (Å²) < 4.78 is 0. The molecule has 94 valence electrons. The number of rotatable bonds is 4. The standard InChI is InChI=1S/C14H22N2O/c1-12-5-7-14(17,8-6-12)11-15-10-13-4-2-3-9-16-13/h2-4,9,12,15,17H,5-8,10-11H2,1H3. The third-order valence-electron chi connectivity index (χ3n) is 3.69. The molecule has 0 saturated heterocycles. The lowest BCUT2D eigenvalue weighted by Gasteiger charge is -2.35. The third kappa shape index (κ3) is 3.79. The molecular weight excluding hydrogens is 212 g/mol. The molecule has 0 amide bonds. The maximum atomic E-state index is 10.4. The molecule has 0 aromatic carbocycles. The number of hydrogen-bond acceptors (Lipinski definition) is 3. The molecule has 0 atom stereocenters. The highest BCUT2D eigenvalue weighted by Crippen LogP contribution is 2.31. The normalized spacial score (nSPS) is 29.2. The van der Waals surface area contributed by atoms with Gasteiger partial charge in [0.25, 0.3) is 0 Å². The van der Waals surface area contributed by atoms with Crippen molar-refractivity contribution in [1.82, 2.24) is 10.3 Å². The molecule has 1 fully saturated rings. The van der Waals surface area contributed by atoms with Crippen molar-refractivity contribution in [3.8, 4) is 0 Å². The number of nitrogens with one attached hydrogen (secondary N) is 1. The van der Waals surface area contributed by atoms with E-state index in [0.717, 1.165) is 43.8 Å². The van der Waals surface area contributed by atoms with E-state index in [9.17, 15) is 5.11 Å². The smallest absolute Gasteiger partial charge is 0.0771 e. The summed E-state index contributed by atoms with van der Waals surface area (Å²) in [6.07, 6.45) is 5.92. The van der Waals surface area contributed by atoms with E-state index in [1.807, 2.05) is 18.2 Å². The van der Waals surface area contributed by atoms with Gasteiger partial charge in [0, 0.05) is 19.3 Å². The van der Waals surface area contributed by atoms with Gasteiger partial charge in [-0.05, 0) is 43.7 Å². The predicted molar refractivity (Wildman–Crippen MR) is 68.5 cm³/mol. The highest BCUT2D eigenvalue weighted by Gasteiger charge is 2.31. The lowest BCUT2D eigenvalue weighted by atomic mass is 9.79. The summed E-state index contributed by atoms with van der Waals surface area (Å²) in [5.74, 6) is 0.770. The van der Waals surface area contributed by atoms with Crippen LogP contribution in [0.4, 0.5) is 0 Å². The van der Waals surface area contributed by atoms with E-state index >= 15 is 0 Å². The molecule has 0 unspecified atom stereocenters. The van der Waals surface area contributed by atoms with E-state index in [0.29, 0.717) is 6.54 Å². The molecule has 0 aliphatic heterocycles. The van der Waals surface area contributed by atoms with Crippen LogP contribution in [0.2, 0.25) is 0 Å². The maximum Gasteiger partial charge on any atom is 0.0771 e. The van der Waals surface area contributed by atoms with Gasteiger partial charge in [-0.2, -0.15) is 0 Å². The van der Waals surface area contributed by atoms with Gasteiger partial charge in [-0.15, -0.1) is 0 Å². The number of nitrogens with zero attached hydrogens (tertiary/aromatic N) is 1. The maximum absolute atomic E-state index is 10.4. The van der Waals surface area contributed by atoms with Gasteiger partial charge in [-0.1, -0.05) is 13.0 Å². The fourth-order valence-electron chi connectivity index (χ4n) is 2.40. The van der Waals surface area contributed by atoms with Gasteiger partial charge in [-0.3, -0.25) is 4.98 Å². The molecule has 3 heteroatoms. The Morgan fingerprint density at radius 1 is 1.41 bits per heavy atom. The fourth-order valence-corrected chi connectivity index (χ4v) is 2.40. The molecule has 3 nitrogen and oxygen atoms in total. The van der Waals surface area contributed by atoms with Crippen LogP contribution in [0.1, 0.15) is 38.3 Å². The molecule has 17 heavy (non-hydrogen) atoms. The summed E-state index contributed by atoms with van der Waals surface area (Å²) in [4.78, 5) is 4.25. The van der Waals surface area contributed by atoms with Crippen molar-refractivity contribution >= 4 is 0 Å². The van der Waals surface area contributed by atoms with Crippen molar-refractivity contribution in [3.63, 3.8) is 0 Å². The van der Waals surface area contributed by atoms with Crippen LogP contribution in [0.15, 0.2) is 24.4 Å². The molecule has 1 aromatic rings. The molecule has 1 aliphatic carbocycles. The van der Waals surface area contributed by atoms with Crippen LogP contribution in [0, 0.1) is 5.92 Å². The van der Waals surface area contributed by atoms with Crippen LogP contribution in [0.25, 0.3) is 0 Å². The van der Waals surface area contributed by atoms with Gasteiger partial charge < -0.3 is 10.4 Å². The number of aromatic nitrogens is 1. The Labute approximate surface area is 103 Å². The van der Waals surface area contributed by atoms with E-state index in [4.69, 9.17) is 0 Å². The van der Waals surface area contributed by atoms with Crippen LogP contribution in [0.3, 0.4) is 0 Å². The van der Waals surface area contributed by atoms with Crippen LogP contribution < -0.4 is 5.32 Å². The zero-order chi connectivity index (χ0) is 12.1. The molecule has 2 rings (SSSR count). The Bertz CT molecular complexity index is 331. The lowest BCUT2D eigenvalue weighted by Crippen LogP contribution is -2.43. The topological polar surface area (TPSA) is 45.1 Å². The Balaban J connectivity index is 1.75. The summed E-state index contributed by atoms with van der Waals surface area (Å²) in [6.45, 7) is 3.68. The molecular formula is C14H22N2O. The van der Waals surface area contributed by atoms with Gasteiger partial charge in [0.15, 0.2) is 0 Å². The van der Waals surface area contributed by atoms with Crippen molar-refractivity contribution in [3.05, 3.63) is 30.1 Å². The quantitative estimate of drug-likeness (QED) is 0.838. The van der Waals surface area contributed by atoms with E-state index in [1.165, 1.54) is 0 Å². The minimum Gasteiger partial charge on any atom is -0.389 e. The molecule has 0 spiro atoms. The molecule has 0 bridgehead atoms. The van der Waals surface area contributed by atoms with Gasteiger partial charge in [0.2, 0.25) is 0 Å². The molecule has 1 saturated carbocycles. The first-order valence-corrected chi connectivity index (χ1v) is 6.51. The summed E-state index contributed by atoms with van der Waals surface area (Å²) >= 11 is 0. The van der Waals surface area contributed by atoms with E-state index in [-0.39, 0.29) is 0 Å². The fraction of sp³-hybridized carbons (Fsp3) is 0.643. The molecule has 1 aliphatic rings. The van der Waals surface area contributed by atoms with Gasteiger partial charge >= 0.3 is 0 Å². The summed E-state index contributed by atoms with van der Waals surface area (Å²) in [5, 5.41) is 13.7. The minimum atomic E-state index is -0.499. The minimum absolute atomic E-state index is 0.499. The average Bonchev–Trinajstić information content (AvgIpc) is 2.35. The largest absolute Gasteiger partial charge is 0.389 e. The van der Waals surface area contributed by atoms with E-state index in [1.54, 1.807) is 6.20 Å². The van der Waals surface area contributed by atoms with Crippen LogP contribution in [-0.4, -0.2) is 22.2 Å². The van der Waals surface area contributed by atoms with Crippen LogP contribution in [0.5, 0.6) is 0 Å². The van der Waals surface area contributed by atoms with E-state index < -0.39 is 5.60 Å². The molecule has 1 aromatic heterocycles. The van der Waals surface area contributed by atoms with Gasteiger partial charge in [-0.25, -0.2) is 0 Å². The van der Waals surface area contributed by atoms with Crippen LogP contribution >= 0.6 is 0 Å². The molecule has 2 N–H and O–H groups in total. The van der Waals surface area contributed by atoms with Gasteiger partial charge in [0.1, 0.15) is 0 Å². The molecule has 1 heterocycles. The second-order valence-electron chi connectivity index (χ2n) is 5.33. The highest BCUT2D eigenvalue weighted by atomic mass is 16.3. The zero-order valence-electron chi connectivity index (χ0n) is 10.5. The zero-order valence-corrected chi connectivity index (χ0v) is 10.5. The Morgan fingerprint density at radius 3 is 2.82 bits per heavy atom. The predicted octanol–water partition coefficient (Wildman–Crippen LogP) is 2.11. The first-order valence-electron chi connectivity index (χ1n) is 6.51. The second kappa shape index (κ2) is 5.61. The summed E-state index contributed by atoms with van der Waals surface area (Å²) in [5.41, 5.74) is 0.529. The Hall–Kier alpha value is -0.930.